The number of nitro groups is 1. The zero-order valence-electron chi connectivity index (χ0n) is 11.4. The number of aromatic nitrogens is 2. The Hall–Kier alpha value is -1.99. The summed E-state index contributed by atoms with van der Waals surface area (Å²) in [6.45, 7) is 1.67. The Morgan fingerprint density at radius 2 is 2.14 bits per heavy atom. The van der Waals surface area contributed by atoms with Crippen LogP contribution in [0.25, 0.3) is 11.5 Å². The van der Waals surface area contributed by atoms with E-state index >= 15 is 0 Å². The first kappa shape index (κ1) is 15.4. The predicted molar refractivity (Wildman–Crippen MR) is 78.1 cm³/mol. The lowest BCUT2D eigenvalue weighted by Gasteiger charge is -2.34. The largest absolute Gasteiger partial charge is 0.334 e. The average molecular weight is 311 g/mol. The van der Waals surface area contributed by atoms with Crippen LogP contribution < -0.4 is 5.73 Å². The van der Waals surface area contributed by atoms with E-state index in [1.165, 1.54) is 6.07 Å². The number of benzene rings is 1. The molecular weight excluding hydrogens is 296 g/mol. The van der Waals surface area contributed by atoms with Gasteiger partial charge < -0.3 is 10.3 Å². The number of nitrogens with zero attached hydrogens (tertiary/aromatic N) is 3. The maximum Gasteiger partial charge on any atom is 0.273 e. The first-order valence-electron chi connectivity index (χ1n) is 6.39. The van der Waals surface area contributed by atoms with Crippen molar-refractivity contribution in [1.82, 2.24) is 10.1 Å². The van der Waals surface area contributed by atoms with E-state index < -0.39 is 10.5 Å². The Morgan fingerprint density at radius 1 is 1.43 bits per heavy atom. The van der Waals surface area contributed by atoms with Gasteiger partial charge in [0.15, 0.2) is 5.82 Å². The highest BCUT2D eigenvalue weighted by Crippen LogP contribution is 2.38. The van der Waals surface area contributed by atoms with Crippen LogP contribution in [-0.4, -0.2) is 15.1 Å². The summed E-state index contributed by atoms with van der Waals surface area (Å²) < 4.78 is 5.22. The summed E-state index contributed by atoms with van der Waals surface area (Å²) in [6, 6.07) is 4.78. The molecule has 1 aliphatic carbocycles. The molecule has 0 atom stereocenters. The average Bonchev–Trinajstić information content (AvgIpc) is 2.85. The minimum absolute atomic E-state index is 0. The molecular formula is C13H15ClN4O3. The smallest absolute Gasteiger partial charge is 0.273 e. The molecule has 2 aromatic rings. The van der Waals surface area contributed by atoms with Gasteiger partial charge in [-0.2, -0.15) is 4.98 Å². The van der Waals surface area contributed by atoms with Gasteiger partial charge in [-0.05, 0) is 32.3 Å². The van der Waals surface area contributed by atoms with Gasteiger partial charge in [0, 0.05) is 17.2 Å². The van der Waals surface area contributed by atoms with E-state index in [1.54, 1.807) is 19.1 Å². The number of rotatable bonds is 3. The van der Waals surface area contributed by atoms with E-state index in [4.69, 9.17) is 10.3 Å². The molecule has 1 heterocycles. The van der Waals surface area contributed by atoms with E-state index in [0.29, 0.717) is 17.0 Å². The molecule has 0 radical (unpaired) electrons. The molecule has 21 heavy (non-hydrogen) atoms. The van der Waals surface area contributed by atoms with Gasteiger partial charge >= 0.3 is 0 Å². The Balaban J connectivity index is 0.00000161. The number of hydrogen-bond acceptors (Lipinski definition) is 6. The lowest BCUT2D eigenvalue weighted by atomic mass is 9.77. The lowest BCUT2D eigenvalue weighted by molar-refractivity contribution is -0.385. The summed E-state index contributed by atoms with van der Waals surface area (Å²) in [7, 11) is 0. The van der Waals surface area contributed by atoms with Crippen LogP contribution in [0.3, 0.4) is 0 Å². The predicted octanol–water partition coefficient (Wildman–Crippen LogP) is 2.71. The zero-order chi connectivity index (χ0) is 14.3. The first-order valence-corrected chi connectivity index (χ1v) is 6.39. The quantitative estimate of drug-likeness (QED) is 0.689. The highest BCUT2D eigenvalue weighted by molar-refractivity contribution is 5.85. The third kappa shape index (κ3) is 2.50. The zero-order valence-corrected chi connectivity index (χ0v) is 12.2. The monoisotopic (exact) mass is 310 g/mol. The topological polar surface area (TPSA) is 108 Å². The van der Waals surface area contributed by atoms with Gasteiger partial charge in [-0.1, -0.05) is 11.2 Å². The molecule has 1 saturated carbocycles. The SMILES string of the molecule is Cc1c(-c2nc(C3(N)CCC3)no2)cccc1[N+](=O)[O-].Cl. The maximum atomic E-state index is 10.9. The Labute approximate surface area is 127 Å². The van der Waals surface area contributed by atoms with Crippen molar-refractivity contribution >= 4 is 18.1 Å². The Morgan fingerprint density at radius 3 is 2.71 bits per heavy atom. The second-order valence-electron chi connectivity index (χ2n) is 5.14. The summed E-state index contributed by atoms with van der Waals surface area (Å²) in [5.74, 6) is 0.752. The van der Waals surface area contributed by atoms with Crippen molar-refractivity contribution in [2.45, 2.75) is 31.7 Å². The molecule has 0 spiro atoms. The third-order valence-corrected chi connectivity index (χ3v) is 3.85. The highest BCUT2D eigenvalue weighted by Gasteiger charge is 2.39. The number of nitro benzene ring substituents is 1. The molecule has 0 saturated heterocycles. The molecule has 0 bridgehead atoms. The van der Waals surface area contributed by atoms with Crippen LogP contribution >= 0.6 is 12.4 Å². The molecule has 1 aromatic heterocycles. The normalized spacial score (nSPS) is 15.9. The summed E-state index contributed by atoms with van der Waals surface area (Å²) >= 11 is 0. The second kappa shape index (κ2) is 5.42. The lowest BCUT2D eigenvalue weighted by Crippen LogP contribution is -2.44. The molecule has 1 aromatic carbocycles. The van der Waals surface area contributed by atoms with Gasteiger partial charge in [-0.25, -0.2) is 0 Å². The van der Waals surface area contributed by atoms with Crippen molar-refractivity contribution in [3.05, 3.63) is 39.7 Å². The van der Waals surface area contributed by atoms with Crippen LogP contribution in [0.4, 0.5) is 5.69 Å². The summed E-state index contributed by atoms with van der Waals surface area (Å²) in [5.41, 5.74) is 6.75. The van der Waals surface area contributed by atoms with Gasteiger partial charge in [-0.3, -0.25) is 10.1 Å². The fraction of sp³-hybridized carbons (Fsp3) is 0.385. The second-order valence-corrected chi connectivity index (χ2v) is 5.14. The minimum Gasteiger partial charge on any atom is -0.334 e. The van der Waals surface area contributed by atoms with Crippen molar-refractivity contribution in [2.75, 3.05) is 0 Å². The number of hydrogen-bond donors (Lipinski definition) is 1. The molecule has 0 amide bonds. The molecule has 1 aliphatic rings. The van der Waals surface area contributed by atoms with Gasteiger partial charge in [-0.15, -0.1) is 12.4 Å². The van der Waals surface area contributed by atoms with Gasteiger partial charge in [0.1, 0.15) is 0 Å². The molecule has 0 unspecified atom stereocenters. The van der Waals surface area contributed by atoms with Crippen molar-refractivity contribution in [3.8, 4) is 11.5 Å². The number of halogens is 1. The fourth-order valence-electron chi connectivity index (χ4n) is 2.37. The first-order chi connectivity index (χ1) is 9.51. The van der Waals surface area contributed by atoms with E-state index in [9.17, 15) is 10.1 Å². The van der Waals surface area contributed by atoms with Crippen LogP contribution in [0.1, 0.15) is 30.7 Å². The van der Waals surface area contributed by atoms with E-state index in [-0.39, 0.29) is 24.0 Å². The Kier molecular flexibility index (Phi) is 3.97. The molecule has 7 nitrogen and oxygen atoms in total. The van der Waals surface area contributed by atoms with Gasteiger partial charge in [0.25, 0.3) is 11.6 Å². The standard InChI is InChI=1S/C13H14N4O3.ClH/c1-8-9(4-2-5-10(8)17(18)19)11-15-12(16-20-11)13(14)6-3-7-13;/h2,4-5H,3,6-7,14H2,1H3;1H. The molecule has 0 aliphatic heterocycles. The minimum atomic E-state index is -0.504. The molecule has 112 valence electrons. The number of nitrogens with two attached hydrogens (primary N) is 1. The molecule has 8 heteroatoms. The molecule has 2 N–H and O–H groups in total. The van der Waals surface area contributed by atoms with E-state index in [0.717, 1.165) is 19.3 Å². The highest BCUT2D eigenvalue weighted by atomic mass is 35.5. The van der Waals surface area contributed by atoms with Gasteiger partial charge in [0.05, 0.1) is 10.5 Å². The van der Waals surface area contributed by atoms with Crippen LogP contribution in [0.2, 0.25) is 0 Å². The van der Waals surface area contributed by atoms with E-state index in [2.05, 4.69) is 10.1 Å². The van der Waals surface area contributed by atoms with Crippen molar-refractivity contribution in [1.29, 1.82) is 0 Å². The fourth-order valence-corrected chi connectivity index (χ4v) is 2.37. The van der Waals surface area contributed by atoms with Crippen molar-refractivity contribution in [3.63, 3.8) is 0 Å². The van der Waals surface area contributed by atoms with Gasteiger partial charge in [0.2, 0.25) is 0 Å². The molecule has 3 rings (SSSR count). The van der Waals surface area contributed by atoms with E-state index in [1.807, 2.05) is 0 Å². The van der Waals surface area contributed by atoms with Crippen LogP contribution in [0.15, 0.2) is 22.7 Å². The van der Waals surface area contributed by atoms with Crippen molar-refractivity contribution < 1.29 is 9.45 Å². The third-order valence-electron chi connectivity index (χ3n) is 3.85. The Bertz CT molecular complexity index is 682. The van der Waals surface area contributed by atoms with Crippen molar-refractivity contribution in [2.24, 2.45) is 5.73 Å². The van der Waals surface area contributed by atoms with Crippen LogP contribution in [0.5, 0.6) is 0 Å². The molecule has 1 fully saturated rings. The summed E-state index contributed by atoms with van der Waals surface area (Å²) in [6.07, 6.45) is 2.72. The van der Waals surface area contributed by atoms with Crippen LogP contribution in [0, 0.1) is 17.0 Å². The maximum absolute atomic E-state index is 10.9. The summed E-state index contributed by atoms with van der Waals surface area (Å²) in [4.78, 5) is 14.8. The van der Waals surface area contributed by atoms with Crippen LogP contribution in [-0.2, 0) is 5.54 Å². The summed E-state index contributed by atoms with van der Waals surface area (Å²) in [5, 5.41) is 14.9.